The van der Waals surface area contributed by atoms with Gasteiger partial charge in [0.2, 0.25) is 0 Å². The number of nitrogens with one attached hydrogen (secondary N) is 1. The van der Waals surface area contributed by atoms with Crippen LogP contribution in [0, 0.1) is 5.41 Å². The van der Waals surface area contributed by atoms with E-state index in [1.807, 2.05) is 30.3 Å². The zero-order chi connectivity index (χ0) is 9.19. The predicted octanol–water partition coefficient (Wildman–Crippen LogP) is 0.796. The monoisotopic (exact) mass is 163 g/mol. The smallest absolute Gasteiger partial charge is 0.115 e. The van der Waals surface area contributed by atoms with Crippen LogP contribution >= 0.6 is 0 Å². The molecule has 0 aliphatic carbocycles. The van der Waals surface area contributed by atoms with Gasteiger partial charge in [0.1, 0.15) is 5.84 Å². The van der Waals surface area contributed by atoms with Crippen molar-refractivity contribution in [2.45, 2.75) is 12.5 Å². The van der Waals surface area contributed by atoms with E-state index in [1.165, 1.54) is 0 Å². The van der Waals surface area contributed by atoms with Crippen LogP contribution in [0.15, 0.2) is 30.3 Å². The minimum Gasteiger partial charge on any atom is -0.386 e. The van der Waals surface area contributed by atoms with E-state index < -0.39 is 5.54 Å². The standard InChI is InChI=1S/C9H13N3/c1-9(12,8(10)11)7-5-3-2-4-6-7/h2-6H,12H2,1H3,(H3,10,11). The highest BCUT2D eigenvalue weighted by Gasteiger charge is 2.23. The Labute approximate surface area is 71.9 Å². The lowest BCUT2D eigenvalue weighted by Crippen LogP contribution is -2.45. The van der Waals surface area contributed by atoms with Crippen molar-refractivity contribution in [3.05, 3.63) is 35.9 Å². The van der Waals surface area contributed by atoms with E-state index in [-0.39, 0.29) is 5.84 Å². The van der Waals surface area contributed by atoms with Gasteiger partial charge in [0.05, 0.1) is 5.54 Å². The summed E-state index contributed by atoms with van der Waals surface area (Å²) < 4.78 is 0. The number of benzene rings is 1. The van der Waals surface area contributed by atoms with Gasteiger partial charge in [-0.05, 0) is 12.5 Å². The molecule has 3 heteroatoms. The lowest BCUT2D eigenvalue weighted by molar-refractivity contribution is 0.664. The Balaban J connectivity index is 3.06. The topological polar surface area (TPSA) is 75.9 Å². The first-order valence-electron chi connectivity index (χ1n) is 3.74. The van der Waals surface area contributed by atoms with Crippen LogP contribution in [0.5, 0.6) is 0 Å². The Bertz CT molecular complexity index is 277. The second-order valence-corrected chi connectivity index (χ2v) is 2.98. The highest BCUT2D eigenvalue weighted by molar-refractivity contribution is 5.87. The maximum absolute atomic E-state index is 7.29. The summed E-state index contributed by atoms with van der Waals surface area (Å²) in [6, 6.07) is 9.38. The molecule has 5 N–H and O–H groups in total. The van der Waals surface area contributed by atoms with Crippen molar-refractivity contribution in [3.63, 3.8) is 0 Å². The summed E-state index contributed by atoms with van der Waals surface area (Å²) in [7, 11) is 0. The summed E-state index contributed by atoms with van der Waals surface area (Å²) in [5.41, 5.74) is 11.2. The maximum Gasteiger partial charge on any atom is 0.115 e. The summed E-state index contributed by atoms with van der Waals surface area (Å²) in [5.74, 6) is -0.0197. The quantitative estimate of drug-likeness (QED) is 0.445. The molecule has 1 aromatic rings. The van der Waals surface area contributed by atoms with E-state index in [2.05, 4.69) is 0 Å². The van der Waals surface area contributed by atoms with E-state index >= 15 is 0 Å². The van der Waals surface area contributed by atoms with Crippen LogP contribution in [-0.4, -0.2) is 5.84 Å². The minimum absolute atomic E-state index is 0.0197. The van der Waals surface area contributed by atoms with Crippen molar-refractivity contribution in [2.75, 3.05) is 0 Å². The van der Waals surface area contributed by atoms with Gasteiger partial charge < -0.3 is 11.5 Å². The van der Waals surface area contributed by atoms with Crippen molar-refractivity contribution in [1.29, 1.82) is 5.41 Å². The van der Waals surface area contributed by atoms with Crippen LogP contribution < -0.4 is 11.5 Å². The first-order chi connectivity index (χ1) is 5.55. The second-order valence-electron chi connectivity index (χ2n) is 2.98. The Kier molecular flexibility index (Phi) is 2.15. The van der Waals surface area contributed by atoms with Crippen molar-refractivity contribution in [1.82, 2.24) is 0 Å². The lowest BCUT2D eigenvalue weighted by atomic mass is 9.92. The van der Waals surface area contributed by atoms with E-state index in [4.69, 9.17) is 16.9 Å². The van der Waals surface area contributed by atoms with Crippen molar-refractivity contribution >= 4 is 5.84 Å². The molecule has 64 valence electrons. The molecule has 0 radical (unpaired) electrons. The molecule has 0 spiro atoms. The fourth-order valence-corrected chi connectivity index (χ4v) is 0.940. The average molecular weight is 163 g/mol. The van der Waals surface area contributed by atoms with E-state index in [0.717, 1.165) is 5.56 Å². The normalized spacial score (nSPS) is 15.2. The minimum atomic E-state index is -0.846. The Morgan fingerprint density at radius 1 is 1.33 bits per heavy atom. The van der Waals surface area contributed by atoms with Gasteiger partial charge in [-0.15, -0.1) is 0 Å². The zero-order valence-corrected chi connectivity index (χ0v) is 7.04. The molecule has 1 unspecified atom stereocenters. The van der Waals surface area contributed by atoms with Crippen LogP contribution in [0.3, 0.4) is 0 Å². The Morgan fingerprint density at radius 2 is 1.83 bits per heavy atom. The van der Waals surface area contributed by atoms with E-state index in [1.54, 1.807) is 6.92 Å². The highest BCUT2D eigenvalue weighted by atomic mass is 14.9. The summed E-state index contributed by atoms with van der Waals surface area (Å²) >= 11 is 0. The average Bonchev–Trinajstić information content (AvgIpc) is 2.06. The number of hydrogen-bond donors (Lipinski definition) is 3. The molecule has 0 heterocycles. The van der Waals surface area contributed by atoms with Crippen LogP contribution in [0.4, 0.5) is 0 Å². The van der Waals surface area contributed by atoms with Gasteiger partial charge in [0.25, 0.3) is 0 Å². The molecule has 0 bridgehead atoms. The number of nitrogens with two attached hydrogens (primary N) is 2. The summed E-state index contributed by atoms with van der Waals surface area (Å²) in [6.07, 6.45) is 0. The molecule has 0 aliphatic heterocycles. The molecule has 12 heavy (non-hydrogen) atoms. The van der Waals surface area contributed by atoms with Crippen molar-refractivity contribution < 1.29 is 0 Å². The third-order valence-electron chi connectivity index (χ3n) is 1.93. The Morgan fingerprint density at radius 3 is 2.25 bits per heavy atom. The first kappa shape index (κ1) is 8.74. The molecule has 1 aromatic carbocycles. The van der Waals surface area contributed by atoms with Gasteiger partial charge in [-0.2, -0.15) is 0 Å². The molecular formula is C9H13N3. The third-order valence-corrected chi connectivity index (χ3v) is 1.93. The fourth-order valence-electron chi connectivity index (χ4n) is 0.940. The fraction of sp³-hybridized carbons (Fsp3) is 0.222. The largest absolute Gasteiger partial charge is 0.386 e. The van der Waals surface area contributed by atoms with Gasteiger partial charge in [-0.3, -0.25) is 5.41 Å². The van der Waals surface area contributed by atoms with Gasteiger partial charge in [-0.1, -0.05) is 30.3 Å². The van der Waals surface area contributed by atoms with Gasteiger partial charge in [0.15, 0.2) is 0 Å². The van der Waals surface area contributed by atoms with Crippen molar-refractivity contribution in [2.24, 2.45) is 11.5 Å². The predicted molar refractivity (Wildman–Crippen MR) is 49.9 cm³/mol. The molecule has 0 saturated heterocycles. The second kappa shape index (κ2) is 2.95. The third kappa shape index (κ3) is 1.46. The first-order valence-corrected chi connectivity index (χ1v) is 3.74. The van der Waals surface area contributed by atoms with Crippen molar-refractivity contribution in [3.8, 4) is 0 Å². The molecule has 0 fully saturated rings. The molecule has 1 atom stereocenters. The Hall–Kier alpha value is -1.35. The molecular weight excluding hydrogens is 150 g/mol. The van der Waals surface area contributed by atoms with Crippen LogP contribution in [0.1, 0.15) is 12.5 Å². The molecule has 0 amide bonds. The molecule has 0 saturated carbocycles. The highest BCUT2D eigenvalue weighted by Crippen LogP contribution is 2.15. The maximum atomic E-state index is 7.29. The van der Waals surface area contributed by atoms with E-state index in [0.29, 0.717) is 0 Å². The number of hydrogen-bond acceptors (Lipinski definition) is 2. The SMILES string of the molecule is CC(N)(C(=N)N)c1ccccc1. The van der Waals surface area contributed by atoms with E-state index in [9.17, 15) is 0 Å². The summed E-state index contributed by atoms with van der Waals surface area (Å²) in [4.78, 5) is 0. The zero-order valence-electron chi connectivity index (χ0n) is 7.04. The molecule has 0 aromatic heterocycles. The lowest BCUT2D eigenvalue weighted by Gasteiger charge is -2.23. The molecule has 1 rings (SSSR count). The summed E-state index contributed by atoms with van der Waals surface area (Å²) in [5, 5.41) is 7.29. The number of rotatable bonds is 2. The summed E-state index contributed by atoms with van der Waals surface area (Å²) in [6.45, 7) is 1.73. The van der Waals surface area contributed by atoms with Crippen LogP contribution in [-0.2, 0) is 5.54 Å². The van der Waals surface area contributed by atoms with Crippen LogP contribution in [0.25, 0.3) is 0 Å². The van der Waals surface area contributed by atoms with Crippen LogP contribution in [0.2, 0.25) is 0 Å². The van der Waals surface area contributed by atoms with Gasteiger partial charge in [-0.25, -0.2) is 0 Å². The van der Waals surface area contributed by atoms with Gasteiger partial charge >= 0.3 is 0 Å². The molecule has 0 aliphatic rings. The van der Waals surface area contributed by atoms with Gasteiger partial charge in [0, 0.05) is 0 Å². The number of amidine groups is 1. The molecule has 3 nitrogen and oxygen atoms in total.